The molecule has 0 aliphatic carbocycles. The summed E-state index contributed by atoms with van der Waals surface area (Å²) in [6.45, 7) is 1.96. The number of carbonyl (C=O) groups is 1. The lowest BCUT2D eigenvalue weighted by molar-refractivity contribution is -0.112. The first-order chi connectivity index (χ1) is 12.7. The van der Waals surface area contributed by atoms with Gasteiger partial charge in [-0.3, -0.25) is 10.1 Å². The molecule has 3 rings (SSSR count). The number of aryl methyl sites for hydroxylation is 1. The summed E-state index contributed by atoms with van der Waals surface area (Å²) in [6.07, 6.45) is 2.31. The van der Waals surface area contributed by atoms with E-state index in [-0.39, 0.29) is 5.57 Å². The van der Waals surface area contributed by atoms with E-state index in [1.807, 2.05) is 67.6 Å². The van der Waals surface area contributed by atoms with Crippen LogP contribution in [-0.4, -0.2) is 16.1 Å². The van der Waals surface area contributed by atoms with Crippen molar-refractivity contribution in [3.63, 3.8) is 0 Å². The van der Waals surface area contributed by atoms with Crippen molar-refractivity contribution in [2.24, 2.45) is 0 Å². The summed E-state index contributed by atoms with van der Waals surface area (Å²) in [5.74, 6) is -0.488. The minimum Gasteiger partial charge on any atom is -0.296 e. The number of rotatable bonds is 5. The van der Waals surface area contributed by atoms with Gasteiger partial charge in [0.15, 0.2) is 0 Å². The van der Waals surface area contributed by atoms with Crippen molar-refractivity contribution in [2.45, 2.75) is 13.3 Å². The fourth-order valence-electron chi connectivity index (χ4n) is 2.33. The molecule has 0 bridgehead atoms. The van der Waals surface area contributed by atoms with E-state index in [1.165, 1.54) is 11.3 Å². The van der Waals surface area contributed by atoms with Crippen LogP contribution in [0.25, 0.3) is 17.2 Å². The van der Waals surface area contributed by atoms with Crippen LogP contribution in [0.1, 0.15) is 17.5 Å². The number of amides is 1. The SMILES string of the molecule is CCc1nnc(NC(=O)/C(C#N)=C/c2ccc(-c3ccccc3)cc2)s1. The third-order valence-electron chi connectivity index (χ3n) is 3.68. The van der Waals surface area contributed by atoms with Crippen molar-refractivity contribution < 1.29 is 4.79 Å². The summed E-state index contributed by atoms with van der Waals surface area (Å²) >= 11 is 1.30. The zero-order chi connectivity index (χ0) is 18.4. The molecule has 5 nitrogen and oxygen atoms in total. The molecule has 6 heteroatoms. The van der Waals surface area contributed by atoms with Crippen molar-refractivity contribution in [3.05, 3.63) is 70.7 Å². The second kappa shape index (κ2) is 8.19. The minimum atomic E-state index is -0.488. The van der Waals surface area contributed by atoms with Crippen LogP contribution < -0.4 is 5.32 Å². The van der Waals surface area contributed by atoms with Gasteiger partial charge in [-0.15, -0.1) is 10.2 Å². The lowest BCUT2D eigenvalue weighted by Gasteiger charge is -2.03. The number of carbonyl (C=O) groups excluding carboxylic acids is 1. The Labute approximate surface area is 155 Å². The van der Waals surface area contributed by atoms with Gasteiger partial charge in [-0.25, -0.2) is 0 Å². The van der Waals surface area contributed by atoms with Crippen molar-refractivity contribution in [1.82, 2.24) is 10.2 Å². The molecule has 1 amide bonds. The van der Waals surface area contributed by atoms with Gasteiger partial charge in [0.1, 0.15) is 16.6 Å². The number of hydrogen-bond donors (Lipinski definition) is 1. The summed E-state index contributed by atoms with van der Waals surface area (Å²) < 4.78 is 0. The first kappa shape index (κ1) is 17.5. The predicted molar refractivity (Wildman–Crippen MR) is 103 cm³/mol. The van der Waals surface area contributed by atoms with Gasteiger partial charge >= 0.3 is 0 Å². The van der Waals surface area contributed by atoms with E-state index in [4.69, 9.17) is 0 Å². The van der Waals surface area contributed by atoms with E-state index in [1.54, 1.807) is 6.08 Å². The van der Waals surface area contributed by atoms with Gasteiger partial charge in [0.05, 0.1) is 0 Å². The van der Waals surface area contributed by atoms with Gasteiger partial charge in [0.2, 0.25) is 5.13 Å². The van der Waals surface area contributed by atoms with Crippen LogP contribution in [0.2, 0.25) is 0 Å². The van der Waals surface area contributed by atoms with Gasteiger partial charge in [0, 0.05) is 0 Å². The number of nitriles is 1. The average molecular weight is 360 g/mol. The molecule has 1 N–H and O–H groups in total. The number of hydrogen-bond acceptors (Lipinski definition) is 5. The molecule has 0 aliphatic rings. The molecule has 26 heavy (non-hydrogen) atoms. The van der Waals surface area contributed by atoms with Crippen LogP contribution in [0, 0.1) is 11.3 Å². The number of aromatic nitrogens is 2. The Balaban J connectivity index is 1.76. The zero-order valence-corrected chi connectivity index (χ0v) is 15.0. The van der Waals surface area contributed by atoms with Crippen molar-refractivity contribution in [2.75, 3.05) is 5.32 Å². The second-order valence-electron chi connectivity index (χ2n) is 5.47. The van der Waals surface area contributed by atoms with Crippen LogP contribution in [0.15, 0.2) is 60.2 Å². The Morgan fingerprint density at radius 1 is 1.12 bits per heavy atom. The number of anilines is 1. The van der Waals surface area contributed by atoms with E-state index in [0.29, 0.717) is 5.13 Å². The van der Waals surface area contributed by atoms with Gasteiger partial charge in [0.25, 0.3) is 5.91 Å². The van der Waals surface area contributed by atoms with Gasteiger partial charge < -0.3 is 0 Å². The fraction of sp³-hybridized carbons (Fsp3) is 0.100. The smallest absolute Gasteiger partial charge is 0.268 e. The lowest BCUT2D eigenvalue weighted by Crippen LogP contribution is -2.13. The standard InChI is InChI=1S/C20H16N4OS/c1-2-18-23-24-20(26-18)22-19(25)17(13-21)12-14-8-10-16(11-9-14)15-6-4-3-5-7-15/h3-12H,2H2,1H3,(H,22,24,25)/b17-12+. The molecule has 1 heterocycles. The molecule has 0 unspecified atom stereocenters. The largest absolute Gasteiger partial charge is 0.296 e. The maximum absolute atomic E-state index is 12.3. The third kappa shape index (κ3) is 4.21. The summed E-state index contributed by atoms with van der Waals surface area (Å²) in [4.78, 5) is 12.3. The molecule has 0 aliphatic heterocycles. The average Bonchev–Trinajstić information content (AvgIpc) is 3.14. The highest BCUT2D eigenvalue weighted by Crippen LogP contribution is 2.21. The zero-order valence-electron chi connectivity index (χ0n) is 14.1. The highest BCUT2D eigenvalue weighted by Gasteiger charge is 2.12. The van der Waals surface area contributed by atoms with Gasteiger partial charge in [-0.1, -0.05) is 72.9 Å². The summed E-state index contributed by atoms with van der Waals surface area (Å²) in [6, 6.07) is 19.6. The molecule has 0 spiro atoms. The molecule has 0 radical (unpaired) electrons. The lowest BCUT2D eigenvalue weighted by atomic mass is 10.0. The van der Waals surface area contributed by atoms with Crippen LogP contribution in [0.3, 0.4) is 0 Å². The molecule has 3 aromatic rings. The Kier molecular flexibility index (Phi) is 5.52. The molecule has 0 saturated heterocycles. The van der Waals surface area contributed by atoms with Gasteiger partial charge in [-0.2, -0.15) is 5.26 Å². The Hall–Kier alpha value is -3.30. The van der Waals surface area contributed by atoms with Crippen LogP contribution in [0.5, 0.6) is 0 Å². The van der Waals surface area contributed by atoms with E-state index in [2.05, 4.69) is 15.5 Å². The third-order valence-corrected chi connectivity index (χ3v) is 4.67. The van der Waals surface area contributed by atoms with Crippen LogP contribution in [-0.2, 0) is 11.2 Å². The molecular weight excluding hydrogens is 344 g/mol. The summed E-state index contributed by atoms with van der Waals surface area (Å²) in [5.41, 5.74) is 2.99. The molecule has 1 aromatic heterocycles. The van der Waals surface area contributed by atoms with E-state index in [9.17, 15) is 10.1 Å². The first-order valence-electron chi connectivity index (χ1n) is 8.10. The molecule has 2 aromatic carbocycles. The Morgan fingerprint density at radius 2 is 1.81 bits per heavy atom. The monoisotopic (exact) mass is 360 g/mol. The van der Waals surface area contributed by atoms with Crippen molar-refractivity contribution in [3.8, 4) is 17.2 Å². The summed E-state index contributed by atoms with van der Waals surface area (Å²) in [5, 5.41) is 21.0. The van der Waals surface area contributed by atoms with Crippen LogP contribution in [0.4, 0.5) is 5.13 Å². The Bertz CT molecular complexity index is 969. The predicted octanol–water partition coefficient (Wildman–Crippen LogP) is 4.31. The van der Waals surface area contributed by atoms with Crippen molar-refractivity contribution >= 4 is 28.5 Å². The van der Waals surface area contributed by atoms with E-state index >= 15 is 0 Å². The normalized spacial score (nSPS) is 11.0. The topological polar surface area (TPSA) is 78.7 Å². The van der Waals surface area contributed by atoms with Gasteiger partial charge in [-0.05, 0) is 29.2 Å². The van der Waals surface area contributed by atoms with E-state index < -0.39 is 5.91 Å². The second-order valence-corrected chi connectivity index (χ2v) is 6.53. The minimum absolute atomic E-state index is 0.0192. The molecule has 0 fully saturated rings. The maximum atomic E-state index is 12.3. The van der Waals surface area contributed by atoms with Crippen LogP contribution >= 0.6 is 11.3 Å². The summed E-state index contributed by atoms with van der Waals surface area (Å²) in [7, 11) is 0. The van der Waals surface area contributed by atoms with E-state index in [0.717, 1.165) is 28.1 Å². The first-order valence-corrected chi connectivity index (χ1v) is 8.92. The fourth-order valence-corrected chi connectivity index (χ4v) is 3.00. The van der Waals surface area contributed by atoms with Crippen molar-refractivity contribution in [1.29, 1.82) is 5.26 Å². The number of nitrogens with zero attached hydrogens (tertiary/aromatic N) is 3. The number of nitrogens with one attached hydrogen (secondary N) is 1. The maximum Gasteiger partial charge on any atom is 0.268 e. The molecule has 0 atom stereocenters. The quantitative estimate of drug-likeness (QED) is 0.543. The molecule has 128 valence electrons. The highest BCUT2D eigenvalue weighted by atomic mass is 32.1. The highest BCUT2D eigenvalue weighted by molar-refractivity contribution is 7.15. The Morgan fingerprint density at radius 3 is 2.42 bits per heavy atom. The number of benzene rings is 2. The molecular formula is C20H16N4OS. The molecule has 0 saturated carbocycles.